The third-order valence-corrected chi connectivity index (χ3v) is 24.0. The molecule has 37 atom stereocenters. The van der Waals surface area contributed by atoms with Crippen molar-refractivity contribution in [2.75, 3.05) is 26.4 Å². The molecule has 7 aliphatic heterocycles. The number of ketones is 1. The summed E-state index contributed by atoms with van der Waals surface area (Å²) >= 11 is 0. The van der Waals surface area contributed by atoms with Crippen molar-refractivity contribution in [2.24, 2.45) is 45.3 Å². The normalized spacial score (nSPS) is 53.4. The molecule has 0 aromatic carbocycles. The van der Waals surface area contributed by atoms with E-state index in [1.807, 2.05) is 6.92 Å². The summed E-state index contributed by atoms with van der Waals surface area (Å²) in [5.41, 5.74) is -2.61. The number of rotatable bonds is 19. The Labute approximate surface area is 556 Å². The highest BCUT2D eigenvalue weighted by Gasteiger charge is 2.79. The van der Waals surface area contributed by atoms with Crippen LogP contribution in [0.5, 0.6) is 0 Å². The lowest BCUT2D eigenvalue weighted by Crippen LogP contribution is -2.68. The molecular weight excluding hydrogens is 1280 g/mol. The lowest BCUT2D eigenvalue weighted by Gasteiger charge is -2.63. The van der Waals surface area contributed by atoms with Crippen molar-refractivity contribution in [1.29, 1.82) is 0 Å². The minimum absolute atomic E-state index is 0.0642. The van der Waals surface area contributed by atoms with Gasteiger partial charge in [-0.15, -0.1) is 0 Å². The third-order valence-electron chi connectivity index (χ3n) is 24.0. The van der Waals surface area contributed by atoms with Crippen molar-refractivity contribution < 1.29 is 153 Å². The maximum Gasteiger partial charge on any atom is 0.314 e. The number of hydrogen-bond donors (Lipinski definition) is 16. The van der Waals surface area contributed by atoms with Gasteiger partial charge in [-0.25, -0.2) is 0 Å². The zero-order valence-corrected chi connectivity index (χ0v) is 55.7. The predicted octanol–water partition coefficient (Wildman–Crippen LogP) is -4.11. The Bertz CT molecular complexity index is 2730. The third kappa shape index (κ3) is 12.7. The van der Waals surface area contributed by atoms with Crippen LogP contribution in [0.25, 0.3) is 0 Å². The molecule has 31 nitrogen and oxygen atoms in total. The van der Waals surface area contributed by atoms with Crippen LogP contribution in [0.2, 0.25) is 0 Å². The summed E-state index contributed by atoms with van der Waals surface area (Å²) in [4.78, 5) is 29.1. The zero-order valence-electron chi connectivity index (χ0n) is 55.7. The highest BCUT2D eigenvalue weighted by atomic mass is 16.8. The summed E-state index contributed by atoms with van der Waals surface area (Å²) < 4.78 is 79.1. The molecular formula is C65H104O31. The van der Waals surface area contributed by atoms with Crippen molar-refractivity contribution in [1.82, 2.24) is 0 Å². The summed E-state index contributed by atoms with van der Waals surface area (Å²) in [6, 6.07) is 0. The number of fused-ring (bicyclic) bond motifs is 4. The van der Waals surface area contributed by atoms with Crippen LogP contribution in [0, 0.1) is 45.3 Å². The van der Waals surface area contributed by atoms with E-state index in [2.05, 4.69) is 47.6 Å². The quantitative estimate of drug-likeness (QED) is 0.0332. The molecule has 3 saturated carbocycles. The van der Waals surface area contributed by atoms with Gasteiger partial charge >= 0.3 is 5.97 Å². The molecule has 11 rings (SSSR count). The SMILES string of the molecule is CC(C)CCC[C@]1(C)OC(=O)[C@]23CC=C4[C@@H](CC[C@H]5C(C)(C)[C@@H](O[C@@H]6OC[C@@H](O)[C@H](O[C@@H]7O[C@H](CO)[C@@H](O)[C@H](O[C@@H]8O[C@H](C)[C@@H](O)[C@H](O)[C@H]8O)[C@H]7O)[C@H]6O[C@@H]6O[C@H](C)[C@@H](O[C@@H]7[C@@H](O)[C@H](O[C@@H]8[C@@H](O)[C@H](O)[C@@H](CO)O[C@H]8O)[C@@H](CO)O[C@H]7O)[C@H](O)[C@H]6O)CC[C@]45C)[C@]2(C)CC(=O)[C@@H]31. The Morgan fingerprint density at radius 1 is 0.542 bits per heavy atom. The van der Waals surface area contributed by atoms with E-state index >= 15 is 0 Å². The van der Waals surface area contributed by atoms with Crippen LogP contribution in [-0.2, 0) is 71.2 Å². The molecule has 550 valence electrons. The van der Waals surface area contributed by atoms with Crippen LogP contribution in [0.1, 0.15) is 120 Å². The molecule has 11 aliphatic rings. The number of hydrogen-bond acceptors (Lipinski definition) is 31. The minimum atomic E-state index is -2.13. The molecule has 16 N–H and O–H groups in total. The smallest absolute Gasteiger partial charge is 0.314 e. The Morgan fingerprint density at radius 2 is 1.11 bits per heavy atom. The first-order chi connectivity index (χ1) is 45.1. The van der Waals surface area contributed by atoms with Crippen LogP contribution in [0.4, 0.5) is 0 Å². The van der Waals surface area contributed by atoms with Gasteiger partial charge in [-0.2, -0.15) is 0 Å². The summed E-state index contributed by atoms with van der Waals surface area (Å²) in [6.45, 7) is 14.3. The molecule has 10 fully saturated rings. The fourth-order valence-corrected chi connectivity index (χ4v) is 18.7. The van der Waals surface area contributed by atoms with Crippen molar-refractivity contribution in [3.63, 3.8) is 0 Å². The number of Topliss-reactive ketones (excluding diaryl/α,β-unsaturated/α-hetero) is 1. The van der Waals surface area contributed by atoms with Crippen molar-refractivity contribution in [2.45, 2.75) is 310 Å². The summed E-state index contributed by atoms with van der Waals surface area (Å²) in [6.07, 6.45) is -44.8. The van der Waals surface area contributed by atoms with E-state index in [-0.39, 0.29) is 30.0 Å². The Kier molecular flexibility index (Phi) is 22.2. The highest BCUT2D eigenvalue weighted by molar-refractivity contribution is 5.99. The second-order valence-corrected chi connectivity index (χ2v) is 30.6. The van der Waals surface area contributed by atoms with Crippen LogP contribution in [0.3, 0.4) is 0 Å². The van der Waals surface area contributed by atoms with Crippen molar-refractivity contribution in [3.05, 3.63) is 11.6 Å². The van der Waals surface area contributed by atoms with Crippen LogP contribution in [-0.4, -0.2) is 310 Å². The molecule has 0 bridgehead atoms. The van der Waals surface area contributed by atoms with Crippen molar-refractivity contribution in [3.8, 4) is 0 Å². The van der Waals surface area contributed by atoms with Gasteiger partial charge in [0.2, 0.25) is 0 Å². The molecule has 4 aliphatic carbocycles. The van der Waals surface area contributed by atoms with Crippen LogP contribution < -0.4 is 0 Å². The molecule has 0 aromatic heterocycles. The van der Waals surface area contributed by atoms with E-state index in [4.69, 9.17) is 61.6 Å². The number of carbonyl (C=O) groups excluding carboxylic acids is 2. The average molecular weight is 1380 g/mol. The Hall–Kier alpha value is -2.24. The molecule has 96 heavy (non-hydrogen) atoms. The first-order valence-corrected chi connectivity index (χ1v) is 34.1. The van der Waals surface area contributed by atoms with Gasteiger partial charge in [0.25, 0.3) is 0 Å². The van der Waals surface area contributed by atoms with Gasteiger partial charge in [-0.3, -0.25) is 9.59 Å². The van der Waals surface area contributed by atoms with Crippen molar-refractivity contribution >= 4 is 11.8 Å². The second kappa shape index (κ2) is 28.4. The Balaban J connectivity index is 0.855. The predicted molar refractivity (Wildman–Crippen MR) is 320 cm³/mol. The van der Waals surface area contributed by atoms with E-state index in [1.54, 1.807) is 0 Å². The van der Waals surface area contributed by atoms with Gasteiger partial charge in [0.15, 0.2) is 37.7 Å². The lowest BCUT2D eigenvalue weighted by atomic mass is 9.41. The number of cyclic esters (lactones) is 1. The van der Waals surface area contributed by atoms with E-state index < -0.39 is 244 Å². The second-order valence-electron chi connectivity index (χ2n) is 30.6. The van der Waals surface area contributed by atoms with E-state index in [0.29, 0.717) is 44.4 Å². The molecule has 31 heteroatoms. The van der Waals surface area contributed by atoms with Gasteiger partial charge in [-0.05, 0) is 99.7 Å². The highest BCUT2D eigenvalue weighted by Crippen LogP contribution is 2.75. The topological polar surface area (TPSA) is 478 Å². The van der Waals surface area contributed by atoms with Gasteiger partial charge < -0.3 is 143 Å². The largest absolute Gasteiger partial charge is 0.458 e. The van der Waals surface area contributed by atoms with E-state index in [1.165, 1.54) is 19.4 Å². The number of carbonyl (C=O) groups is 2. The number of ether oxygens (including phenoxy) is 13. The standard InChI is InChI=1S/C65H104O31/c1-24(2)11-10-16-64(9)53-29(69)19-63(8)28-12-13-34-61(5,6)35(15-17-62(34,7)27(28)14-18-65(53,63)60(83)96-64)90-59-52(47(30(70)23-84-59)93-58-45(80)49(38(73)32(21-67)89-58)94-56-42(77)39(74)36(71)25(3)85-56)95-57-43(78)41(76)46(26(4)86-57)91-51-44(79)48(33(22-68)88-55(51)82)92-50-40(75)37(72)31(20-66)87-54(50)81/h14,24-26,28,30-59,66-68,70-82H,10-13,15-23H2,1-9H3/t25-,26-,28-,30-,31-,32-,33-,34+,35+,36-,37-,38-,39+,40+,41-,42-,43-,44+,45-,46-,47+,48-,49+,50-,51-,52-,53-,54-,55-,56+,57+,58+,59+,62-,63+,64+,65-/m1/s1. The minimum Gasteiger partial charge on any atom is -0.458 e. The number of allylic oxidation sites excluding steroid dienone is 2. The lowest BCUT2D eigenvalue weighted by molar-refractivity contribution is -0.399. The van der Waals surface area contributed by atoms with Crippen LogP contribution in [0.15, 0.2) is 11.6 Å². The molecule has 7 saturated heterocycles. The van der Waals surface area contributed by atoms with E-state index in [9.17, 15) is 91.3 Å². The first-order valence-electron chi connectivity index (χ1n) is 34.1. The summed E-state index contributed by atoms with van der Waals surface area (Å²) in [5, 5.41) is 177. The molecule has 1 spiro atoms. The number of esters is 1. The van der Waals surface area contributed by atoms with E-state index in [0.717, 1.165) is 12.8 Å². The molecule has 0 unspecified atom stereocenters. The van der Waals surface area contributed by atoms with Gasteiger partial charge in [0.1, 0.15) is 140 Å². The molecule has 0 amide bonds. The monoisotopic (exact) mass is 1380 g/mol. The number of aliphatic hydroxyl groups is 16. The Morgan fingerprint density at radius 3 is 1.77 bits per heavy atom. The zero-order chi connectivity index (χ0) is 70.0. The first kappa shape index (κ1) is 74.9. The molecule has 0 radical (unpaired) electrons. The maximum atomic E-state index is 14.6. The maximum absolute atomic E-state index is 14.6. The fraction of sp³-hybridized carbons (Fsp3) is 0.938. The average Bonchev–Trinajstić information content (AvgIpc) is 1.45. The van der Waals surface area contributed by atoms with Gasteiger partial charge in [-0.1, -0.05) is 59.6 Å². The molecule has 7 heterocycles. The number of aliphatic hydroxyl groups excluding tert-OH is 16. The summed E-state index contributed by atoms with van der Waals surface area (Å²) in [7, 11) is 0. The fourth-order valence-electron chi connectivity index (χ4n) is 18.7. The summed E-state index contributed by atoms with van der Waals surface area (Å²) in [5.74, 6) is -0.552. The molecule has 0 aromatic rings. The van der Waals surface area contributed by atoms with Gasteiger partial charge in [0.05, 0.1) is 56.1 Å². The van der Waals surface area contributed by atoms with Gasteiger partial charge in [0, 0.05) is 6.42 Å². The van der Waals surface area contributed by atoms with Crippen LogP contribution >= 0.6 is 0 Å².